The van der Waals surface area contributed by atoms with E-state index in [1.54, 1.807) is 0 Å². The van der Waals surface area contributed by atoms with Gasteiger partial charge < -0.3 is 10.1 Å². The summed E-state index contributed by atoms with van der Waals surface area (Å²) in [5.74, 6) is 0. The number of halogens is 4. The lowest BCUT2D eigenvalue weighted by molar-refractivity contribution is -0.175. The molecular formula is C15H21ClF3NO. The van der Waals surface area contributed by atoms with Crippen molar-refractivity contribution in [3.63, 3.8) is 0 Å². The van der Waals surface area contributed by atoms with Gasteiger partial charge in [-0.1, -0.05) is 24.6 Å². The van der Waals surface area contributed by atoms with Crippen molar-refractivity contribution in [2.24, 2.45) is 0 Å². The van der Waals surface area contributed by atoms with Gasteiger partial charge in [-0.05, 0) is 49.6 Å². The van der Waals surface area contributed by atoms with Crippen molar-refractivity contribution in [3.05, 3.63) is 33.8 Å². The van der Waals surface area contributed by atoms with E-state index in [1.165, 1.54) is 0 Å². The third-order valence-corrected chi connectivity index (χ3v) is 3.51. The van der Waals surface area contributed by atoms with Gasteiger partial charge in [0.15, 0.2) is 0 Å². The van der Waals surface area contributed by atoms with Crippen molar-refractivity contribution in [3.8, 4) is 0 Å². The Bertz CT molecular complexity index is 463. The van der Waals surface area contributed by atoms with E-state index in [0.29, 0.717) is 11.6 Å². The molecule has 6 heteroatoms. The molecule has 1 aromatic carbocycles. The van der Waals surface area contributed by atoms with Crippen LogP contribution in [0.3, 0.4) is 0 Å². The van der Waals surface area contributed by atoms with Gasteiger partial charge in [-0.25, -0.2) is 0 Å². The Balaban J connectivity index is 2.84. The SMILES string of the molecule is CCCNC(COCC(F)(F)F)c1cc(C)c(C)cc1Cl. The summed E-state index contributed by atoms with van der Waals surface area (Å²) in [5, 5.41) is 3.73. The molecular weight excluding hydrogens is 303 g/mol. The molecule has 0 fully saturated rings. The summed E-state index contributed by atoms with van der Waals surface area (Å²) in [6, 6.07) is 3.39. The van der Waals surface area contributed by atoms with E-state index in [1.807, 2.05) is 32.9 Å². The smallest absolute Gasteiger partial charge is 0.370 e. The highest BCUT2D eigenvalue weighted by atomic mass is 35.5. The standard InChI is InChI=1S/C15H21ClF3NO/c1-4-5-20-14(8-21-9-15(17,18)19)12-6-10(2)11(3)7-13(12)16/h6-7,14,20H,4-5,8-9H2,1-3H3. The number of alkyl halides is 3. The minimum atomic E-state index is -4.32. The van der Waals surface area contributed by atoms with Crippen LogP contribution in [0, 0.1) is 13.8 Å². The maximum atomic E-state index is 12.2. The largest absolute Gasteiger partial charge is 0.411 e. The van der Waals surface area contributed by atoms with Crippen LogP contribution in [0.25, 0.3) is 0 Å². The fourth-order valence-electron chi connectivity index (χ4n) is 1.94. The minimum Gasteiger partial charge on any atom is -0.370 e. The van der Waals surface area contributed by atoms with Crippen molar-refractivity contribution in [2.45, 2.75) is 39.4 Å². The van der Waals surface area contributed by atoms with E-state index < -0.39 is 12.8 Å². The van der Waals surface area contributed by atoms with Crippen LogP contribution in [0.2, 0.25) is 5.02 Å². The third kappa shape index (κ3) is 6.24. The average molecular weight is 324 g/mol. The number of rotatable bonds is 7. The summed E-state index contributed by atoms with van der Waals surface area (Å²) >= 11 is 6.23. The minimum absolute atomic E-state index is 0.0677. The molecule has 120 valence electrons. The van der Waals surface area contributed by atoms with Crippen LogP contribution in [-0.4, -0.2) is 25.9 Å². The summed E-state index contributed by atoms with van der Waals surface area (Å²) in [7, 11) is 0. The first-order valence-corrected chi connectivity index (χ1v) is 7.27. The van der Waals surface area contributed by atoms with Gasteiger partial charge >= 0.3 is 6.18 Å². The van der Waals surface area contributed by atoms with Gasteiger partial charge in [0.2, 0.25) is 0 Å². The van der Waals surface area contributed by atoms with Gasteiger partial charge in [-0.2, -0.15) is 13.2 Å². The number of benzene rings is 1. The van der Waals surface area contributed by atoms with Crippen LogP contribution >= 0.6 is 11.6 Å². The fraction of sp³-hybridized carbons (Fsp3) is 0.600. The Morgan fingerprint density at radius 3 is 2.43 bits per heavy atom. The van der Waals surface area contributed by atoms with Crippen LogP contribution in [-0.2, 0) is 4.74 Å². The summed E-state index contributed by atoms with van der Waals surface area (Å²) in [6.45, 7) is 5.25. The number of nitrogens with one attached hydrogen (secondary N) is 1. The molecule has 0 amide bonds. The van der Waals surface area contributed by atoms with E-state index in [9.17, 15) is 13.2 Å². The van der Waals surface area contributed by atoms with E-state index in [2.05, 4.69) is 5.32 Å². The van der Waals surface area contributed by atoms with Crippen LogP contribution in [0.5, 0.6) is 0 Å². The lowest BCUT2D eigenvalue weighted by Gasteiger charge is -2.22. The molecule has 1 unspecified atom stereocenters. The molecule has 0 radical (unpaired) electrons. The van der Waals surface area contributed by atoms with Gasteiger partial charge in [0, 0.05) is 5.02 Å². The highest BCUT2D eigenvalue weighted by molar-refractivity contribution is 6.31. The third-order valence-electron chi connectivity index (χ3n) is 3.18. The summed E-state index contributed by atoms with van der Waals surface area (Å²) in [6.07, 6.45) is -3.44. The van der Waals surface area contributed by atoms with Crippen LogP contribution in [0.1, 0.15) is 36.1 Å². The molecule has 2 nitrogen and oxygen atoms in total. The Hall–Kier alpha value is -0.780. The number of hydrogen-bond acceptors (Lipinski definition) is 2. The summed E-state index contributed by atoms with van der Waals surface area (Å²) < 4.78 is 41.3. The molecule has 0 saturated heterocycles. The molecule has 0 aliphatic rings. The maximum Gasteiger partial charge on any atom is 0.411 e. The predicted octanol–water partition coefficient (Wildman–Crippen LogP) is 4.58. The second-order valence-electron chi connectivity index (χ2n) is 5.09. The van der Waals surface area contributed by atoms with Crippen molar-refractivity contribution in [1.82, 2.24) is 5.32 Å². The molecule has 0 bridgehead atoms. The second kappa shape index (κ2) is 8.01. The van der Waals surface area contributed by atoms with Crippen LogP contribution in [0.4, 0.5) is 13.2 Å². The lowest BCUT2D eigenvalue weighted by Crippen LogP contribution is -2.29. The Morgan fingerprint density at radius 1 is 1.24 bits per heavy atom. The van der Waals surface area contributed by atoms with Gasteiger partial charge in [0.25, 0.3) is 0 Å². The normalized spacial score (nSPS) is 13.5. The molecule has 1 aromatic rings. The zero-order valence-electron chi connectivity index (χ0n) is 12.5. The van der Waals surface area contributed by atoms with Crippen molar-refractivity contribution >= 4 is 11.6 Å². The van der Waals surface area contributed by atoms with Gasteiger partial charge in [0.1, 0.15) is 6.61 Å². The monoisotopic (exact) mass is 323 g/mol. The predicted molar refractivity (Wildman–Crippen MR) is 78.8 cm³/mol. The van der Waals surface area contributed by atoms with Crippen LogP contribution in [0.15, 0.2) is 12.1 Å². The molecule has 1 N–H and O–H groups in total. The second-order valence-corrected chi connectivity index (χ2v) is 5.50. The zero-order chi connectivity index (χ0) is 16.0. The van der Waals surface area contributed by atoms with E-state index in [-0.39, 0.29) is 12.6 Å². The molecule has 1 rings (SSSR count). The van der Waals surface area contributed by atoms with Crippen molar-refractivity contribution in [2.75, 3.05) is 19.8 Å². The van der Waals surface area contributed by atoms with Gasteiger partial charge in [-0.3, -0.25) is 0 Å². The van der Waals surface area contributed by atoms with E-state index in [4.69, 9.17) is 16.3 Å². The lowest BCUT2D eigenvalue weighted by atomic mass is 10.0. The molecule has 0 spiro atoms. The van der Waals surface area contributed by atoms with Gasteiger partial charge in [-0.15, -0.1) is 0 Å². The summed E-state index contributed by atoms with van der Waals surface area (Å²) in [4.78, 5) is 0. The molecule has 0 saturated carbocycles. The number of ether oxygens (including phenoxy) is 1. The Morgan fingerprint density at radius 2 is 1.86 bits per heavy atom. The first-order valence-electron chi connectivity index (χ1n) is 6.89. The molecule has 0 aliphatic heterocycles. The molecule has 1 atom stereocenters. The average Bonchev–Trinajstić information content (AvgIpc) is 2.37. The Kier molecular flexibility index (Phi) is 6.97. The molecule has 21 heavy (non-hydrogen) atoms. The maximum absolute atomic E-state index is 12.2. The first kappa shape index (κ1) is 18.3. The topological polar surface area (TPSA) is 21.3 Å². The quantitative estimate of drug-likeness (QED) is 0.793. The number of aryl methyl sites for hydroxylation is 2. The zero-order valence-corrected chi connectivity index (χ0v) is 13.2. The van der Waals surface area contributed by atoms with Gasteiger partial charge in [0.05, 0.1) is 12.6 Å². The highest BCUT2D eigenvalue weighted by Crippen LogP contribution is 2.27. The molecule has 0 heterocycles. The van der Waals surface area contributed by atoms with Crippen molar-refractivity contribution in [1.29, 1.82) is 0 Å². The van der Waals surface area contributed by atoms with Crippen LogP contribution < -0.4 is 5.32 Å². The Labute approximate surface area is 128 Å². The molecule has 0 aromatic heterocycles. The van der Waals surface area contributed by atoms with E-state index >= 15 is 0 Å². The molecule has 0 aliphatic carbocycles. The first-order chi connectivity index (χ1) is 9.74. The fourth-order valence-corrected chi connectivity index (χ4v) is 2.29. The number of hydrogen-bond donors (Lipinski definition) is 1. The van der Waals surface area contributed by atoms with Crippen molar-refractivity contribution < 1.29 is 17.9 Å². The highest BCUT2D eigenvalue weighted by Gasteiger charge is 2.28. The summed E-state index contributed by atoms with van der Waals surface area (Å²) in [5.41, 5.74) is 2.87. The van der Waals surface area contributed by atoms with E-state index in [0.717, 1.165) is 23.1 Å².